The molecule has 0 aliphatic carbocycles. The zero-order chi connectivity index (χ0) is 35.2. The standard InChI is InChI=1S/C40H45N5O5/c1-5-41-39(47)34-24-32-33(25-44(4)40(48)36(32)43-34)31-15-14-29(23-35(31)50-37-26(2)10-9-11-27(37)3)38(46)42-30(22-28-12-7-6-8-13-28)16-17-45-18-20-49-21-19-45/h6-15,23-25,30,43H,5,16-22H2,1-4H3,(H,41,47)(H,42,46). The maximum absolute atomic E-state index is 14.0. The molecular weight excluding hydrogens is 630 g/mol. The van der Waals surface area contributed by atoms with Crippen LogP contribution in [0.5, 0.6) is 11.5 Å². The van der Waals surface area contributed by atoms with E-state index < -0.39 is 0 Å². The number of rotatable bonds is 12. The van der Waals surface area contributed by atoms with Gasteiger partial charge in [-0.1, -0.05) is 48.5 Å². The van der Waals surface area contributed by atoms with Gasteiger partial charge in [0, 0.05) is 67.5 Å². The van der Waals surface area contributed by atoms with Crippen molar-refractivity contribution < 1.29 is 19.1 Å². The molecule has 1 fully saturated rings. The molecule has 0 bridgehead atoms. The lowest BCUT2D eigenvalue weighted by atomic mass is 9.99. The van der Waals surface area contributed by atoms with Crippen molar-refractivity contribution in [3.8, 4) is 22.6 Å². The molecule has 6 rings (SSSR count). The summed E-state index contributed by atoms with van der Waals surface area (Å²) in [5.41, 5.74) is 5.23. The van der Waals surface area contributed by atoms with Crippen LogP contribution in [0.3, 0.4) is 0 Å². The molecule has 2 amide bonds. The Hall–Kier alpha value is -5.19. The van der Waals surface area contributed by atoms with E-state index in [9.17, 15) is 14.4 Å². The largest absolute Gasteiger partial charge is 0.456 e. The van der Waals surface area contributed by atoms with Crippen LogP contribution in [-0.2, 0) is 18.2 Å². The molecule has 1 unspecified atom stereocenters. The first-order valence-corrected chi connectivity index (χ1v) is 17.3. The van der Waals surface area contributed by atoms with Gasteiger partial charge in [0.15, 0.2) is 0 Å². The van der Waals surface area contributed by atoms with E-state index in [0.29, 0.717) is 57.8 Å². The molecule has 2 aromatic heterocycles. The number of H-pyrrole nitrogens is 1. The molecule has 260 valence electrons. The van der Waals surface area contributed by atoms with E-state index in [1.165, 1.54) is 4.57 Å². The van der Waals surface area contributed by atoms with Crippen molar-refractivity contribution in [3.05, 3.63) is 117 Å². The molecule has 0 radical (unpaired) electrons. The number of aryl methyl sites for hydroxylation is 3. The Bertz CT molecular complexity index is 2020. The summed E-state index contributed by atoms with van der Waals surface area (Å²) in [6.07, 6.45) is 3.24. The van der Waals surface area contributed by atoms with Crippen LogP contribution in [0.15, 0.2) is 83.8 Å². The summed E-state index contributed by atoms with van der Waals surface area (Å²) in [5, 5.41) is 6.70. The third-order valence-corrected chi connectivity index (χ3v) is 9.26. The number of fused-ring (bicyclic) bond motifs is 1. The van der Waals surface area contributed by atoms with E-state index in [0.717, 1.165) is 56.0 Å². The Kier molecular flexibility index (Phi) is 10.8. The molecule has 1 aliphatic rings. The number of para-hydroxylation sites is 1. The van der Waals surface area contributed by atoms with E-state index in [4.69, 9.17) is 9.47 Å². The normalized spacial score (nSPS) is 14.0. The van der Waals surface area contributed by atoms with Gasteiger partial charge in [-0.25, -0.2) is 0 Å². The SMILES string of the molecule is CCNC(=O)c1cc2c(-c3ccc(C(=O)NC(CCN4CCOCC4)Cc4ccccc4)cc3Oc3c(C)cccc3C)cn(C)c(=O)c2[nH]1. The Morgan fingerprint density at radius 1 is 0.940 bits per heavy atom. The number of morpholine rings is 1. The first-order valence-electron chi connectivity index (χ1n) is 17.3. The van der Waals surface area contributed by atoms with E-state index in [1.807, 2.05) is 63.2 Å². The van der Waals surface area contributed by atoms with Crippen molar-refractivity contribution >= 4 is 22.7 Å². The fraction of sp³-hybridized carbons (Fsp3) is 0.325. The van der Waals surface area contributed by atoms with Gasteiger partial charge in [0.1, 0.15) is 22.7 Å². The van der Waals surface area contributed by atoms with Gasteiger partial charge < -0.3 is 29.7 Å². The number of pyridine rings is 1. The fourth-order valence-corrected chi connectivity index (χ4v) is 6.52. The summed E-state index contributed by atoms with van der Waals surface area (Å²) in [6.45, 7) is 10.3. The average Bonchev–Trinajstić information content (AvgIpc) is 3.58. The second kappa shape index (κ2) is 15.6. The highest BCUT2D eigenvalue weighted by Gasteiger charge is 2.22. The molecule has 0 spiro atoms. The van der Waals surface area contributed by atoms with Gasteiger partial charge >= 0.3 is 0 Å². The summed E-state index contributed by atoms with van der Waals surface area (Å²) in [4.78, 5) is 45.4. The first kappa shape index (κ1) is 34.7. The molecule has 1 saturated heterocycles. The maximum Gasteiger partial charge on any atom is 0.274 e. The number of hydrogen-bond acceptors (Lipinski definition) is 6. The zero-order valence-electron chi connectivity index (χ0n) is 29.2. The molecule has 50 heavy (non-hydrogen) atoms. The molecule has 0 saturated carbocycles. The second-order valence-corrected chi connectivity index (χ2v) is 12.9. The average molecular weight is 676 g/mol. The minimum atomic E-state index is -0.297. The van der Waals surface area contributed by atoms with E-state index in [1.54, 1.807) is 31.4 Å². The third kappa shape index (κ3) is 7.82. The van der Waals surface area contributed by atoms with Crippen molar-refractivity contribution in [3.63, 3.8) is 0 Å². The highest BCUT2D eigenvalue weighted by molar-refractivity contribution is 6.04. The van der Waals surface area contributed by atoms with Crippen LogP contribution in [-0.4, -0.2) is 71.7 Å². The van der Waals surface area contributed by atoms with Crippen LogP contribution in [0.4, 0.5) is 0 Å². The number of amides is 2. The minimum Gasteiger partial charge on any atom is -0.456 e. The maximum atomic E-state index is 14.0. The first-order chi connectivity index (χ1) is 24.2. The van der Waals surface area contributed by atoms with Gasteiger partial charge in [-0.3, -0.25) is 19.3 Å². The fourth-order valence-electron chi connectivity index (χ4n) is 6.52. The van der Waals surface area contributed by atoms with Gasteiger partial charge in [-0.05, 0) is 74.6 Å². The Labute approximate surface area is 292 Å². The molecule has 3 aromatic carbocycles. The number of aromatic nitrogens is 2. The quantitative estimate of drug-likeness (QED) is 0.155. The van der Waals surface area contributed by atoms with Crippen LogP contribution in [0.1, 0.15) is 50.9 Å². The summed E-state index contributed by atoms with van der Waals surface area (Å²) in [5.74, 6) is 0.659. The van der Waals surface area contributed by atoms with Crippen LogP contribution in [0.2, 0.25) is 0 Å². The smallest absolute Gasteiger partial charge is 0.274 e. The summed E-state index contributed by atoms with van der Waals surface area (Å²) in [6, 6.07) is 23.2. The van der Waals surface area contributed by atoms with Crippen LogP contribution >= 0.6 is 0 Å². The van der Waals surface area contributed by atoms with Crippen molar-refractivity contribution in [2.75, 3.05) is 39.4 Å². The number of benzene rings is 3. The Morgan fingerprint density at radius 3 is 2.40 bits per heavy atom. The summed E-state index contributed by atoms with van der Waals surface area (Å²) < 4.78 is 13.7. The van der Waals surface area contributed by atoms with E-state index in [-0.39, 0.29) is 23.4 Å². The van der Waals surface area contributed by atoms with Crippen molar-refractivity contribution in [1.29, 1.82) is 0 Å². The number of ether oxygens (including phenoxy) is 2. The molecule has 10 heteroatoms. The Balaban J connectivity index is 1.38. The molecule has 3 heterocycles. The predicted octanol–water partition coefficient (Wildman–Crippen LogP) is 5.76. The van der Waals surface area contributed by atoms with Gasteiger partial charge in [0.05, 0.1) is 13.2 Å². The van der Waals surface area contributed by atoms with Crippen molar-refractivity contribution in [1.82, 2.24) is 25.1 Å². The van der Waals surface area contributed by atoms with Crippen LogP contribution < -0.4 is 20.9 Å². The second-order valence-electron chi connectivity index (χ2n) is 12.9. The van der Waals surface area contributed by atoms with Gasteiger partial charge in [-0.15, -0.1) is 0 Å². The number of carbonyl (C=O) groups is 2. The highest BCUT2D eigenvalue weighted by atomic mass is 16.5. The Morgan fingerprint density at radius 2 is 1.68 bits per heavy atom. The summed E-state index contributed by atoms with van der Waals surface area (Å²) >= 11 is 0. The van der Waals surface area contributed by atoms with Crippen LogP contribution in [0.25, 0.3) is 22.0 Å². The molecule has 3 N–H and O–H groups in total. The van der Waals surface area contributed by atoms with E-state index in [2.05, 4.69) is 32.7 Å². The molecule has 1 aliphatic heterocycles. The zero-order valence-corrected chi connectivity index (χ0v) is 29.2. The molecule has 5 aromatic rings. The minimum absolute atomic E-state index is 0.0915. The van der Waals surface area contributed by atoms with Gasteiger partial charge in [-0.2, -0.15) is 0 Å². The molecule has 1 atom stereocenters. The van der Waals surface area contributed by atoms with Gasteiger partial charge in [0.25, 0.3) is 17.4 Å². The lowest BCUT2D eigenvalue weighted by molar-refractivity contribution is 0.0360. The number of nitrogens with zero attached hydrogens (tertiary/aromatic N) is 2. The highest BCUT2D eigenvalue weighted by Crippen LogP contribution is 2.39. The number of nitrogens with one attached hydrogen (secondary N) is 3. The van der Waals surface area contributed by atoms with Crippen molar-refractivity contribution in [2.24, 2.45) is 7.05 Å². The monoisotopic (exact) mass is 675 g/mol. The molecular formula is C40H45N5O5. The topological polar surface area (TPSA) is 118 Å². The number of hydrogen-bond donors (Lipinski definition) is 3. The molecule has 10 nitrogen and oxygen atoms in total. The summed E-state index contributed by atoms with van der Waals surface area (Å²) in [7, 11) is 1.68. The number of carbonyl (C=O) groups excluding carboxylic acids is 2. The predicted molar refractivity (Wildman–Crippen MR) is 196 cm³/mol. The number of aromatic amines is 1. The lowest BCUT2D eigenvalue weighted by Gasteiger charge is -2.28. The van der Waals surface area contributed by atoms with Crippen molar-refractivity contribution in [2.45, 2.75) is 39.7 Å². The lowest BCUT2D eigenvalue weighted by Crippen LogP contribution is -2.42. The van der Waals surface area contributed by atoms with E-state index >= 15 is 0 Å². The van der Waals surface area contributed by atoms with Crippen LogP contribution in [0, 0.1) is 13.8 Å². The third-order valence-electron chi connectivity index (χ3n) is 9.26. The van der Waals surface area contributed by atoms with Gasteiger partial charge in [0.2, 0.25) is 0 Å².